The summed E-state index contributed by atoms with van der Waals surface area (Å²) < 4.78 is 5.31. The summed E-state index contributed by atoms with van der Waals surface area (Å²) in [5.41, 5.74) is 3.47. The van der Waals surface area contributed by atoms with Gasteiger partial charge in [0.05, 0.1) is 18.2 Å². The molecule has 0 aliphatic rings. The number of nitrogens with one attached hydrogen (secondary N) is 1. The first-order valence-electron chi connectivity index (χ1n) is 9.14. The highest BCUT2D eigenvalue weighted by atomic mass is 16.5. The predicted octanol–water partition coefficient (Wildman–Crippen LogP) is 4.67. The molecule has 5 nitrogen and oxygen atoms in total. The molecular weight excluding hydrogens is 338 g/mol. The van der Waals surface area contributed by atoms with E-state index in [-0.39, 0.29) is 11.8 Å². The Morgan fingerprint density at radius 1 is 0.963 bits per heavy atom. The Hall–Kier alpha value is -3.21. The average Bonchev–Trinajstić information content (AvgIpc) is 2.71. The van der Waals surface area contributed by atoms with Gasteiger partial charge in [-0.15, -0.1) is 10.2 Å². The quantitative estimate of drug-likeness (QED) is 0.664. The molecule has 1 amide bonds. The molecule has 0 bridgehead atoms. The fourth-order valence-corrected chi connectivity index (χ4v) is 2.91. The van der Waals surface area contributed by atoms with E-state index in [1.807, 2.05) is 74.5 Å². The highest BCUT2D eigenvalue weighted by Crippen LogP contribution is 2.23. The molecule has 1 atom stereocenters. The van der Waals surface area contributed by atoms with Crippen LogP contribution in [0.1, 0.15) is 31.7 Å². The number of aromatic nitrogens is 2. The number of carbonyl (C=O) groups excluding carboxylic acids is 1. The topological polar surface area (TPSA) is 64.1 Å². The predicted molar refractivity (Wildman–Crippen MR) is 107 cm³/mol. The smallest absolute Gasteiger partial charge is 0.233 e. The molecule has 5 heteroatoms. The Labute approximate surface area is 159 Å². The summed E-state index contributed by atoms with van der Waals surface area (Å²) in [6, 6.07) is 21.1. The Morgan fingerprint density at radius 3 is 2.30 bits per heavy atom. The number of anilines is 1. The van der Waals surface area contributed by atoms with Crippen LogP contribution in [0.5, 0.6) is 5.88 Å². The van der Waals surface area contributed by atoms with Crippen LogP contribution in [0.4, 0.5) is 5.69 Å². The summed E-state index contributed by atoms with van der Waals surface area (Å²) in [5.74, 6) is 0.344. The van der Waals surface area contributed by atoms with Gasteiger partial charge in [0.15, 0.2) is 0 Å². The van der Waals surface area contributed by atoms with E-state index in [1.54, 1.807) is 6.07 Å². The lowest BCUT2D eigenvalue weighted by Crippen LogP contribution is -2.20. The SMILES string of the molecule is CCOc1ccc(-c2ccc(NC(=O)C(CC)c3ccccc3)cc2)nn1. The molecule has 0 saturated carbocycles. The first-order valence-corrected chi connectivity index (χ1v) is 9.14. The molecule has 1 aromatic heterocycles. The number of ether oxygens (including phenoxy) is 1. The summed E-state index contributed by atoms with van der Waals surface area (Å²) in [7, 11) is 0. The van der Waals surface area contributed by atoms with Crippen LogP contribution in [0.3, 0.4) is 0 Å². The monoisotopic (exact) mass is 361 g/mol. The zero-order chi connectivity index (χ0) is 19.1. The molecule has 1 heterocycles. The second-order valence-electron chi connectivity index (χ2n) is 6.13. The van der Waals surface area contributed by atoms with Crippen LogP contribution in [-0.4, -0.2) is 22.7 Å². The third-order valence-corrected chi connectivity index (χ3v) is 4.31. The zero-order valence-electron chi connectivity index (χ0n) is 15.6. The first kappa shape index (κ1) is 18.6. The van der Waals surface area contributed by atoms with Crippen molar-refractivity contribution in [3.05, 3.63) is 72.3 Å². The van der Waals surface area contributed by atoms with Crippen LogP contribution in [0.25, 0.3) is 11.3 Å². The van der Waals surface area contributed by atoms with Gasteiger partial charge in [-0.1, -0.05) is 49.4 Å². The molecule has 1 N–H and O–H groups in total. The van der Waals surface area contributed by atoms with Gasteiger partial charge in [-0.05, 0) is 37.1 Å². The fraction of sp³-hybridized carbons (Fsp3) is 0.227. The van der Waals surface area contributed by atoms with Crippen LogP contribution >= 0.6 is 0 Å². The van der Waals surface area contributed by atoms with Gasteiger partial charge in [-0.25, -0.2) is 0 Å². The minimum Gasteiger partial charge on any atom is -0.477 e. The molecule has 0 aliphatic carbocycles. The number of nitrogens with zero attached hydrogens (tertiary/aromatic N) is 2. The molecule has 0 fully saturated rings. The van der Waals surface area contributed by atoms with E-state index >= 15 is 0 Å². The Morgan fingerprint density at radius 2 is 1.70 bits per heavy atom. The molecule has 27 heavy (non-hydrogen) atoms. The lowest BCUT2D eigenvalue weighted by Gasteiger charge is -2.15. The van der Waals surface area contributed by atoms with E-state index in [4.69, 9.17) is 4.74 Å². The van der Waals surface area contributed by atoms with Crippen molar-refractivity contribution < 1.29 is 9.53 Å². The van der Waals surface area contributed by atoms with Crippen molar-refractivity contribution >= 4 is 11.6 Å². The molecule has 0 spiro atoms. The molecule has 0 saturated heterocycles. The van der Waals surface area contributed by atoms with Gasteiger partial charge in [0, 0.05) is 17.3 Å². The number of amides is 1. The maximum atomic E-state index is 12.7. The Balaban J connectivity index is 1.69. The van der Waals surface area contributed by atoms with Crippen molar-refractivity contribution in [2.24, 2.45) is 0 Å². The maximum Gasteiger partial charge on any atom is 0.233 e. The van der Waals surface area contributed by atoms with E-state index in [0.717, 1.165) is 28.9 Å². The number of carbonyl (C=O) groups is 1. The van der Waals surface area contributed by atoms with Crippen LogP contribution in [0, 0.1) is 0 Å². The van der Waals surface area contributed by atoms with Gasteiger partial charge in [-0.2, -0.15) is 0 Å². The summed E-state index contributed by atoms with van der Waals surface area (Å²) in [6.45, 7) is 4.48. The van der Waals surface area contributed by atoms with Crippen LogP contribution in [0.15, 0.2) is 66.7 Å². The van der Waals surface area contributed by atoms with Crippen LogP contribution in [0.2, 0.25) is 0 Å². The highest BCUT2D eigenvalue weighted by molar-refractivity contribution is 5.96. The molecule has 3 aromatic rings. The molecule has 138 valence electrons. The maximum absolute atomic E-state index is 12.7. The second-order valence-corrected chi connectivity index (χ2v) is 6.13. The number of hydrogen-bond donors (Lipinski definition) is 1. The van der Waals surface area contributed by atoms with Crippen LogP contribution < -0.4 is 10.1 Å². The lowest BCUT2D eigenvalue weighted by molar-refractivity contribution is -0.117. The Bertz CT molecular complexity index is 862. The van der Waals surface area contributed by atoms with Gasteiger partial charge >= 0.3 is 0 Å². The molecule has 0 radical (unpaired) electrons. The zero-order valence-corrected chi connectivity index (χ0v) is 15.6. The minimum atomic E-state index is -0.164. The van der Waals surface area contributed by atoms with E-state index in [1.165, 1.54) is 0 Å². The van der Waals surface area contributed by atoms with Gasteiger partial charge in [0.2, 0.25) is 11.8 Å². The fourth-order valence-electron chi connectivity index (χ4n) is 2.91. The first-order chi connectivity index (χ1) is 13.2. The third kappa shape index (κ3) is 4.70. The largest absolute Gasteiger partial charge is 0.477 e. The number of benzene rings is 2. The Kier molecular flexibility index (Phi) is 6.15. The van der Waals surface area contributed by atoms with Gasteiger partial charge in [0.1, 0.15) is 0 Å². The van der Waals surface area contributed by atoms with E-state index < -0.39 is 0 Å². The minimum absolute atomic E-state index is 0.00249. The summed E-state index contributed by atoms with van der Waals surface area (Å²) in [5, 5.41) is 11.2. The standard InChI is InChI=1S/C22H23N3O2/c1-3-19(16-8-6-5-7-9-16)22(26)23-18-12-10-17(11-13-18)20-14-15-21(25-24-20)27-4-2/h5-15,19H,3-4H2,1-2H3,(H,23,26). The van der Waals surface area contributed by atoms with Gasteiger partial charge < -0.3 is 10.1 Å². The third-order valence-electron chi connectivity index (χ3n) is 4.31. The van der Waals surface area contributed by atoms with Crippen LogP contribution in [-0.2, 0) is 4.79 Å². The summed E-state index contributed by atoms with van der Waals surface area (Å²) >= 11 is 0. The van der Waals surface area contributed by atoms with Crippen molar-refractivity contribution in [3.8, 4) is 17.1 Å². The van der Waals surface area contributed by atoms with Gasteiger partial charge in [0.25, 0.3) is 0 Å². The second kappa shape index (κ2) is 8.94. The van der Waals surface area contributed by atoms with E-state index in [2.05, 4.69) is 15.5 Å². The number of rotatable bonds is 7. The molecule has 0 aliphatic heterocycles. The molecule has 3 rings (SSSR count). The van der Waals surface area contributed by atoms with Crippen molar-refractivity contribution in [3.63, 3.8) is 0 Å². The molecule has 2 aromatic carbocycles. The van der Waals surface area contributed by atoms with Crippen molar-refractivity contribution in [2.45, 2.75) is 26.2 Å². The summed E-state index contributed by atoms with van der Waals surface area (Å²) in [6.07, 6.45) is 0.746. The van der Waals surface area contributed by atoms with Crippen molar-refractivity contribution in [1.29, 1.82) is 0 Å². The van der Waals surface area contributed by atoms with E-state index in [9.17, 15) is 4.79 Å². The molecule has 1 unspecified atom stereocenters. The average molecular weight is 361 g/mol. The van der Waals surface area contributed by atoms with Gasteiger partial charge in [-0.3, -0.25) is 4.79 Å². The van der Waals surface area contributed by atoms with E-state index in [0.29, 0.717) is 12.5 Å². The molecular formula is C22H23N3O2. The number of hydrogen-bond acceptors (Lipinski definition) is 4. The normalized spacial score (nSPS) is 11.6. The van der Waals surface area contributed by atoms with Crippen molar-refractivity contribution in [2.75, 3.05) is 11.9 Å². The lowest BCUT2D eigenvalue weighted by atomic mass is 9.95. The summed E-state index contributed by atoms with van der Waals surface area (Å²) in [4.78, 5) is 12.7. The highest BCUT2D eigenvalue weighted by Gasteiger charge is 2.18. The van der Waals surface area contributed by atoms with Crippen molar-refractivity contribution in [1.82, 2.24) is 10.2 Å².